The van der Waals surface area contributed by atoms with Crippen LogP contribution in [0.25, 0.3) is 10.8 Å². The van der Waals surface area contributed by atoms with Crippen molar-refractivity contribution >= 4 is 16.6 Å². The molecule has 1 heterocycles. The molecule has 0 saturated heterocycles. The smallest absolute Gasteiger partial charge is 0.294 e. The molecule has 0 amide bonds. The third-order valence-corrected chi connectivity index (χ3v) is 4.42. The van der Waals surface area contributed by atoms with Gasteiger partial charge >= 0.3 is 0 Å². The van der Waals surface area contributed by atoms with E-state index in [1.165, 1.54) is 0 Å². The molecule has 0 spiro atoms. The first-order valence-electron chi connectivity index (χ1n) is 9.46. The van der Waals surface area contributed by atoms with Gasteiger partial charge in [0, 0.05) is 31.2 Å². The Labute approximate surface area is 178 Å². The lowest BCUT2D eigenvalue weighted by Crippen LogP contribution is -2.33. The number of methoxy groups -OCH3 is 2. The molecule has 0 saturated carbocycles. The zero-order valence-corrected chi connectivity index (χ0v) is 17.3. The van der Waals surface area contributed by atoms with Gasteiger partial charge in [-0.1, -0.05) is 0 Å². The second-order valence-electron chi connectivity index (χ2n) is 6.32. The number of ether oxygens (including phenoxy) is 2. The molecule has 1 aromatic heterocycles. The van der Waals surface area contributed by atoms with Gasteiger partial charge in [0.1, 0.15) is 19.0 Å². The summed E-state index contributed by atoms with van der Waals surface area (Å²) in [6.07, 6.45) is 2.34. The molecule has 0 aliphatic heterocycles. The van der Waals surface area contributed by atoms with Gasteiger partial charge < -0.3 is 24.5 Å². The molecule has 0 unspecified atom stereocenters. The van der Waals surface area contributed by atoms with Gasteiger partial charge in [-0.25, -0.2) is 4.98 Å². The van der Waals surface area contributed by atoms with Crippen molar-refractivity contribution in [1.29, 1.82) is 0 Å². The fraction of sp³-hybridized carbons (Fsp3) is 0.500. The fourth-order valence-electron chi connectivity index (χ4n) is 2.97. The highest BCUT2D eigenvalue weighted by Gasteiger charge is 2.11. The maximum absolute atomic E-state index is 10.3. The van der Waals surface area contributed by atoms with Crippen LogP contribution in [0.4, 0.5) is 5.82 Å². The van der Waals surface area contributed by atoms with Crippen molar-refractivity contribution in [1.82, 2.24) is 9.88 Å². The normalized spacial score (nSPS) is 10.7. The molecule has 13 nitrogen and oxygen atoms in total. The number of nitrogens with zero attached hydrogens (tertiary/aromatic N) is 4. The van der Waals surface area contributed by atoms with Gasteiger partial charge in [0.2, 0.25) is 0 Å². The van der Waals surface area contributed by atoms with Crippen LogP contribution in [0.15, 0.2) is 24.4 Å². The van der Waals surface area contributed by atoms with Gasteiger partial charge in [-0.3, -0.25) is 4.90 Å². The zero-order chi connectivity index (χ0) is 22.6. The molecule has 0 fully saturated rings. The SMILES string of the molecule is COc1cc2ccnc(NCCCN(CCO[N+](=O)[O-])CCO[N+](=O)[O-])c2cc1OC. The molecular formula is C18H25N5O8. The molecule has 1 aromatic carbocycles. The van der Waals surface area contributed by atoms with E-state index in [-0.39, 0.29) is 26.3 Å². The van der Waals surface area contributed by atoms with Gasteiger partial charge in [-0.15, -0.1) is 20.2 Å². The molecule has 0 radical (unpaired) electrons. The molecule has 2 aromatic rings. The van der Waals surface area contributed by atoms with Crippen LogP contribution in [-0.4, -0.2) is 73.7 Å². The molecule has 0 atom stereocenters. The second-order valence-corrected chi connectivity index (χ2v) is 6.32. The molecule has 0 aliphatic rings. The van der Waals surface area contributed by atoms with Crippen LogP contribution in [0.5, 0.6) is 11.5 Å². The van der Waals surface area contributed by atoms with E-state index in [2.05, 4.69) is 20.0 Å². The van der Waals surface area contributed by atoms with Gasteiger partial charge in [-0.05, 0) is 36.6 Å². The highest BCUT2D eigenvalue weighted by molar-refractivity contribution is 5.94. The molecule has 1 N–H and O–H groups in total. The van der Waals surface area contributed by atoms with E-state index in [4.69, 9.17) is 9.47 Å². The van der Waals surface area contributed by atoms with Crippen molar-refractivity contribution in [3.05, 3.63) is 44.6 Å². The Morgan fingerprint density at radius 2 is 1.61 bits per heavy atom. The summed E-state index contributed by atoms with van der Waals surface area (Å²) in [5, 5.41) is 24.0. The minimum Gasteiger partial charge on any atom is -0.493 e. The average Bonchev–Trinajstić information content (AvgIpc) is 2.74. The van der Waals surface area contributed by atoms with Crippen LogP contribution < -0.4 is 14.8 Å². The van der Waals surface area contributed by atoms with Gasteiger partial charge in [0.05, 0.1) is 14.2 Å². The lowest BCUT2D eigenvalue weighted by Gasteiger charge is -2.21. The van der Waals surface area contributed by atoms with E-state index in [0.29, 0.717) is 36.8 Å². The summed E-state index contributed by atoms with van der Waals surface area (Å²) in [6, 6.07) is 5.59. The van der Waals surface area contributed by atoms with E-state index in [0.717, 1.165) is 10.8 Å². The molecular weight excluding hydrogens is 414 g/mol. The fourth-order valence-corrected chi connectivity index (χ4v) is 2.97. The first-order valence-corrected chi connectivity index (χ1v) is 9.46. The Hall–Kier alpha value is -3.61. The maximum Gasteiger partial charge on any atom is 0.294 e. The Morgan fingerprint density at radius 3 is 2.19 bits per heavy atom. The summed E-state index contributed by atoms with van der Waals surface area (Å²) < 4.78 is 10.7. The Balaban J connectivity index is 1.93. The van der Waals surface area contributed by atoms with E-state index in [1.807, 2.05) is 18.2 Å². The monoisotopic (exact) mass is 439 g/mol. The molecule has 31 heavy (non-hydrogen) atoms. The lowest BCUT2D eigenvalue weighted by molar-refractivity contribution is -0.758. The largest absolute Gasteiger partial charge is 0.493 e. The summed E-state index contributed by atoms with van der Waals surface area (Å²) in [5.41, 5.74) is 0. The van der Waals surface area contributed by atoms with Crippen LogP contribution in [0.3, 0.4) is 0 Å². The second kappa shape index (κ2) is 12.2. The van der Waals surface area contributed by atoms with Crippen molar-refractivity contribution in [2.75, 3.05) is 58.9 Å². The maximum atomic E-state index is 10.3. The first kappa shape index (κ1) is 23.7. The number of anilines is 1. The molecule has 0 bridgehead atoms. The number of hydrogen-bond acceptors (Lipinski definition) is 11. The number of aromatic nitrogens is 1. The number of benzene rings is 1. The predicted molar refractivity (Wildman–Crippen MR) is 110 cm³/mol. The van der Waals surface area contributed by atoms with Gasteiger partial charge in [-0.2, -0.15) is 0 Å². The Bertz CT molecular complexity index is 861. The van der Waals surface area contributed by atoms with Crippen LogP contribution >= 0.6 is 0 Å². The van der Waals surface area contributed by atoms with Crippen LogP contribution in [-0.2, 0) is 9.68 Å². The Kier molecular flexibility index (Phi) is 9.29. The van der Waals surface area contributed by atoms with Crippen LogP contribution in [0.1, 0.15) is 6.42 Å². The molecule has 2 rings (SSSR count). The summed E-state index contributed by atoms with van der Waals surface area (Å²) in [6.45, 7) is 1.30. The predicted octanol–water partition coefficient (Wildman–Crippen LogP) is 1.77. The third-order valence-electron chi connectivity index (χ3n) is 4.42. The van der Waals surface area contributed by atoms with Crippen LogP contribution in [0, 0.1) is 20.2 Å². The van der Waals surface area contributed by atoms with E-state index < -0.39 is 10.2 Å². The molecule has 170 valence electrons. The summed E-state index contributed by atoms with van der Waals surface area (Å²) >= 11 is 0. The number of hydrogen-bond donors (Lipinski definition) is 1. The quantitative estimate of drug-likeness (QED) is 0.245. The third kappa shape index (κ3) is 7.62. The number of nitrogens with one attached hydrogen (secondary N) is 1. The lowest BCUT2D eigenvalue weighted by atomic mass is 10.1. The van der Waals surface area contributed by atoms with E-state index >= 15 is 0 Å². The Morgan fingerprint density at radius 1 is 1.00 bits per heavy atom. The van der Waals surface area contributed by atoms with Crippen LogP contribution in [0.2, 0.25) is 0 Å². The highest BCUT2D eigenvalue weighted by Crippen LogP contribution is 2.34. The van der Waals surface area contributed by atoms with Crippen molar-refractivity contribution in [3.8, 4) is 11.5 Å². The summed E-state index contributed by atoms with van der Waals surface area (Å²) in [4.78, 5) is 35.4. The minimum absolute atomic E-state index is 0.134. The first-order chi connectivity index (χ1) is 14.9. The van der Waals surface area contributed by atoms with Crippen molar-refractivity contribution < 1.29 is 29.3 Å². The van der Waals surface area contributed by atoms with Crippen molar-refractivity contribution in [3.63, 3.8) is 0 Å². The summed E-state index contributed by atoms with van der Waals surface area (Å²) in [5.74, 6) is 1.89. The van der Waals surface area contributed by atoms with Gasteiger partial charge in [0.15, 0.2) is 11.5 Å². The van der Waals surface area contributed by atoms with Gasteiger partial charge in [0.25, 0.3) is 10.2 Å². The van der Waals surface area contributed by atoms with E-state index in [9.17, 15) is 20.2 Å². The molecule has 0 aliphatic carbocycles. The number of pyridine rings is 1. The topological polar surface area (TPSA) is 151 Å². The average molecular weight is 439 g/mol. The van der Waals surface area contributed by atoms with Crippen molar-refractivity contribution in [2.45, 2.75) is 6.42 Å². The summed E-state index contributed by atoms with van der Waals surface area (Å²) in [7, 11) is 3.14. The zero-order valence-electron chi connectivity index (χ0n) is 17.3. The standard InChI is InChI=1S/C18H25N5O8/c1-28-16-12-14-4-6-20-18(15(14)13-17(16)29-2)19-5-3-7-21(8-10-30-22(24)25)9-11-31-23(26)27/h4,6,12-13H,3,5,7-11H2,1-2H3,(H,19,20). The minimum atomic E-state index is -0.872. The highest BCUT2D eigenvalue weighted by atomic mass is 17.0. The van der Waals surface area contributed by atoms with E-state index in [1.54, 1.807) is 25.3 Å². The van der Waals surface area contributed by atoms with Crippen molar-refractivity contribution in [2.24, 2.45) is 0 Å². The number of fused-ring (bicyclic) bond motifs is 1. The molecule has 13 heteroatoms. The number of rotatable bonds is 15.